The Bertz CT molecular complexity index is 2450. The fourth-order valence-corrected chi connectivity index (χ4v) is 8.97. The molecule has 0 spiro atoms. The zero-order valence-electron chi connectivity index (χ0n) is 29.9. The zero-order valence-corrected chi connectivity index (χ0v) is 29.9. The summed E-state index contributed by atoms with van der Waals surface area (Å²) in [6.07, 6.45) is 14.9. The standard InChI is InChI=1S/C45H36B2N2O4/c1-45(2,3)27-22-37-41-38(23-27)52-43-33(46(41)31-18-10-12-20-35(31)50-37)26-34-44(48-43)53-40-25-30(24-39-42(40)47(34)32-19-11-13-21-36(32)51-39)49(28-14-6-4-7-15-28)29-16-8-5-9-17-29/h4-11,13-19,21-26,32,36H,12,20H2,1-3H3. The molecule has 0 radical (unpaired) electrons. The molecule has 5 aromatic rings. The van der Waals surface area contributed by atoms with Gasteiger partial charge in [0, 0.05) is 46.7 Å². The molecule has 0 amide bonds. The molecule has 256 valence electrons. The Morgan fingerprint density at radius 1 is 0.698 bits per heavy atom. The minimum absolute atomic E-state index is 0.0308. The summed E-state index contributed by atoms with van der Waals surface area (Å²) in [6, 6.07) is 31.9. The first-order valence-electron chi connectivity index (χ1n) is 18.7. The quantitative estimate of drug-likeness (QED) is 0.179. The van der Waals surface area contributed by atoms with Gasteiger partial charge in [0.05, 0.1) is 11.4 Å². The molecule has 0 fully saturated rings. The van der Waals surface area contributed by atoms with Crippen LogP contribution in [0.4, 0.5) is 17.1 Å². The van der Waals surface area contributed by atoms with Gasteiger partial charge in [-0.1, -0.05) is 93.6 Å². The Kier molecular flexibility index (Phi) is 6.55. The van der Waals surface area contributed by atoms with Crippen molar-refractivity contribution in [2.24, 2.45) is 0 Å². The number of para-hydroxylation sites is 2. The van der Waals surface area contributed by atoms with Gasteiger partial charge in [-0.2, -0.15) is 4.98 Å². The van der Waals surface area contributed by atoms with Gasteiger partial charge in [0.2, 0.25) is 18.5 Å². The van der Waals surface area contributed by atoms with Gasteiger partial charge >= 0.3 is 0 Å². The van der Waals surface area contributed by atoms with E-state index in [0.29, 0.717) is 11.8 Å². The van der Waals surface area contributed by atoms with E-state index in [1.807, 2.05) is 12.1 Å². The third-order valence-corrected chi connectivity index (χ3v) is 11.5. The Hall–Kier alpha value is -5.88. The molecule has 6 nitrogen and oxygen atoms in total. The summed E-state index contributed by atoms with van der Waals surface area (Å²) in [4.78, 5) is 7.53. The van der Waals surface area contributed by atoms with E-state index in [9.17, 15) is 0 Å². The van der Waals surface area contributed by atoms with Gasteiger partial charge in [0.1, 0.15) is 29.1 Å². The maximum Gasteiger partial charge on any atom is 0.262 e. The lowest BCUT2D eigenvalue weighted by Crippen LogP contribution is -2.59. The number of fused-ring (bicyclic) bond motifs is 7. The highest BCUT2D eigenvalue weighted by Gasteiger charge is 2.49. The van der Waals surface area contributed by atoms with Gasteiger partial charge in [0.15, 0.2) is 0 Å². The highest BCUT2D eigenvalue weighted by Crippen LogP contribution is 2.46. The Balaban J connectivity index is 1.11. The van der Waals surface area contributed by atoms with Crippen molar-refractivity contribution in [3.05, 3.63) is 144 Å². The molecular weight excluding hydrogens is 654 g/mol. The lowest BCUT2D eigenvalue weighted by Gasteiger charge is -2.41. The van der Waals surface area contributed by atoms with E-state index in [1.54, 1.807) is 0 Å². The minimum atomic E-state index is -0.137. The highest BCUT2D eigenvalue weighted by atomic mass is 16.5. The second-order valence-corrected chi connectivity index (χ2v) is 15.7. The van der Waals surface area contributed by atoms with Crippen molar-refractivity contribution in [2.45, 2.75) is 50.9 Å². The molecule has 0 saturated heterocycles. The molecule has 2 unspecified atom stereocenters. The third kappa shape index (κ3) is 4.71. The molecule has 5 heterocycles. The van der Waals surface area contributed by atoms with Crippen LogP contribution in [-0.2, 0) is 5.41 Å². The van der Waals surface area contributed by atoms with Gasteiger partial charge < -0.3 is 23.8 Å². The number of allylic oxidation sites excluding steroid dienone is 6. The summed E-state index contributed by atoms with van der Waals surface area (Å²) in [5.41, 5.74) is 9.54. The lowest BCUT2D eigenvalue weighted by molar-refractivity contribution is 0.245. The highest BCUT2D eigenvalue weighted by molar-refractivity contribution is 6.95. The molecule has 0 saturated carbocycles. The molecule has 4 aromatic carbocycles. The Labute approximate surface area is 310 Å². The lowest BCUT2D eigenvalue weighted by atomic mass is 9.29. The predicted molar refractivity (Wildman–Crippen MR) is 213 cm³/mol. The van der Waals surface area contributed by atoms with Crippen LogP contribution in [0.5, 0.6) is 34.8 Å². The smallest absolute Gasteiger partial charge is 0.262 e. The van der Waals surface area contributed by atoms with Crippen LogP contribution in [0.1, 0.15) is 39.2 Å². The summed E-state index contributed by atoms with van der Waals surface area (Å²) < 4.78 is 27.3. The van der Waals surface area contributed by atoms with Crippen molar-refractivity contribution < 1.29 is 18.9 Å². The number of benzene rings is 4. The molecule has 1 aromatic heterocycles. The molecule has 6 aliphatic rings. The van der Waals surface area contributed by atoms with Crippen molar-refractivity contribution in [1.29, 1.82) is 0 Å². The summed E-state index contributed by atoms with van der Waals surface area (Å²) in [6.45, 7) is 6.59. The Morgan fingerprint density at radius 3 is 2.09 bits per heavy atom. The van der Waals surface area contributed by atoms with Crippen LogP contribution in [0.3, 0.4) is 0 Å². The summed E-state index contributed by atoms with van der Waals surface area (Å²) in [5, 5.41) is 0. The largest absolute Gasteiger partial charge is 0.487 e. The SMILES string of the molecule is CC(C)(C)c1cc2c3c(c1)Oc1nc4c(cc1B3C1=C(CCC=C1)O2)B1c2c(cc(N(c3ccccc3)c3ccccc3)cc2OC2C=CC=CC12)O4. The van der Waals surface area contributed by atoms with Crippen LogP contribution in [0.25, 0.3) is 0 Å². The number of nitrogens with zero attached hydrogens (tertiary/aromatic N) is 2. The monoisotopic (exact) mass is 690 g/mol. The van der Waals surface area contributed by atoms with E-state index in [-0.39, 0.29) is 30.8 Å². The van der Waals surface area contributed by atoms with Crippen molar-refractivity contribution in [3.63, 3.8) is 0 Å². The van der Waals surface area contributed by atoms with E-state index in [1.165, 1.54) is 11.0 Å². The third-order valence-electron chi connectivity index (χ3n) is 11.5. The van der Waals surface area contributed by atoms with Crippen molar-refractivity contribution in [2.75, 3.05) is 4.90 Å². The predicted octanol–water partition coefficient (Wildman–Crippen LogP) is 8.07. The van der Waals surface area contributed by atoms with Crippen molar-refractivity contribution in [1.82, 2.24) is 4.98 Å². The molecule has 53 heavy (non-hydrogen) atoms. The van der Waals surface area contributed by atoms with Crippen molar-refractivity contribution in [3.8, 4) is 34.8 Å². The average molecular weight is 690 g/mol. The first-order valence-corrected chi connectivity index (χ1v) is 18.7. The van der Waals surface area contributed by atoms with Crippen LogP contribution < -0.4 is 45.7 Å². The van der Waals surface area contributed by atoms with Gasteiger partial charge in [-0.15, -0.1) is 0 Å². The molecule has 0 bridgehead atoms. The Morgan fingerprint density at radius 2 is 1.36 bits per heavy atom. The molecule has 11 rings (SSSR count). The van der Waals surface area contributed by atoms with Crippen LogP contribution in [0, 0.1) is 0 Å². The second kappa shape index (κ2) is 11.3. The fourth-order valence-electron chi connectivity index (χ4n) is 8.97. The number of rotatable bonds is 3. The van der Waals surface area contributed by atoms with E-state index in [4.69, 9.17) is 23.9 Å². The normalized spacial score (nSPS) is 19.3. The van der Waals surface area contributed by atoms with Gasteiger partial charge in [0.25, 0.3) is 6.71 Å². The molecule has 2 aliphatic carbocycles. The number of ether oxygens (including phenoxy) is 4. The summed E-state index contributed by atoms with van der Waals surface area (Å²) in [7, 11) is 0. The second-order valence-electron chi connectivity index (χ2n) is 15.7. The number of aromatic nitrogens is 1. The maximum absolute atomic E-state index is 6.92. The molecule has 8 heteroatoms. The van der Waals surface area contributed by atoms with E-state index >= 15 is 0 Å². The molecule has 2 atom stereocenters. The first kappa shape index (κ1) is 30.7. The van der Waals surface area contributed by atoms with E-state index < -0.39 is 0 Å². The summed E-state index contributed by atoms with van der Waals surface area (Å²) >= 11 is 0. The van der Waals surface area contributed by atoms with Crippen molar-refractivity contribution >= 4 is 52.3 Å². The summed E-state index contributed by atoms with van der Waals surface area (Å²) in [5.74, 6) is 5.54. The van der Waals surface area contributed by atoms with E-state index in [0.717, 1.165) is 80.5 Å². The van der Waals surface area contributed by atoms with Crippen LogP contribution in [0.15, 0.2) is 139 Å². The number of anilines is 3. The topological polar surface area (TPSA) is 53.1 Å². The van der Waals surface area contributed by atoms with Gasteiger partial charge in [-0.05, 0) is 76.3 Å². The average Bonchev–Trinajstić information content (AvgIpc) is 3.17. The minimum Gasteiger partial charge on any atom is -0.487 e. The number of hydrogen-bond donors (Lipinski definition) is 0. The van der Waals surface area contributed by atoms with Gasteiger partial charge in [-0.3, -0.25) is 0 Å². The molecule has 4 aliphatic heterocycles. The van der Waals surface area contributed by atoms with Crippen LogP contribution in [0.2, 0.25) is 5.82 Å². The number of hydrogen-bond acceptors (Lipinski definition) is 6. The van der Waals surface area contributed by atoms with E-state index in [2.05, 4.69) is 141 Å². The number of pyridine rings is 1. The zero-order chi connectivity index (χ0) is 35.4. The molecular formula is C45H36B2N2O4. The maximum atomic E-state index is 6.92. The molecule has 0 N–H and O–H groups in total. The van der Waals surface area contributed by atoms with Crippen LogP contribution in [-0.4, -0.2) is 24.5 Å². The first-order chi connectivity index (χ1) is 25.9. The van der Waals surface area contributed by atoms with Crippen LogP contribution >= 0.6 is 0 Å². The van der Waals surface area contributed by atoms with Gasteiger partial charge in [-0.25, -0.2) is 0 Å². The fraction of sp³-hybridized carbons (Fsp3) is 0.178.